The molecule has 4 amide bonds. The van der Waals surface area contributed by atoms with Crippen LogP contribution in [0.3, 0.4) is 0 Å². The van der Waals surface area contributed by atoms with Crippen molar-refractivity contribution in [2.75, 3.05) is 13.1 Å². The van der Waals surface area contributed by atoms with Gasteiger partial charge in [0.15, 0.2) is 0 Å². The lowest BCUT2D eigenvalue weighted by Gasteiger charge is -2.27. The van der Waals surface area contributed by atoms with Gasteiger partial charge in [-0.25, -0.2) is 0 Å². The molecule has 0 aromatic heterocycles. The van der Waals surface area contributed by atoms with Crippen molar-refractivity contribution in [2.24, 2.45) is 17.6 Å². The number of benzene rings is 1. The quantitative estimate of drug-likeness (QED) is 0.706. The summed E-state index contributed by atoms with van der Waals surface area (Å²) in [5.74, 6) is -0.586. The Labute approximate surface area is 168 Å². The fourth-order valence-corrected chi connectivity index (χ4v) is 4.97. The van der Waals surface area contributed by atoms with E-state index < -0.39 is 23.8 Å². The summed E-state index contributed by atoms with van der Waals surface area (Å²) in [6, 6.07) is 4.57. The van der Waals surface area contributed by atoms with Gasteiger partial charge in [-0.1, -0.05) is 6.07 Å². The van der Waals surface area contributed by atoms with Crippen molar-refractivity contribution in [3.8, 4) is 0 Å². The van der Waals surface area contributed by atoms with Crippen LogP contribution in [0, 0.1) is 11.8 Å². The summed E-state index contributed by atoms with van der Waals surface area (Å²) in [7, 11) is 0. The number of likely N-dealkylation sites (tertiary alicyclic amines) is 1. The van der Waals surface area contributed by atoms with Crippen LogP contribution in [-0.2, 0) is 16.1 Å². The third-order valence-electron chi connectivity index (χ3n) is 6.63. The summed E-state index contributed by atoms with van der Waals surface area (Å²) in [5.41, 5.74) is 7.92. The van der Waals surface area contributed by atoms with E-state index in [1.807, 2.05) is 6.07 Å². The van der Waals surface area contributed by atoms with E-state index in [1.54, 1.807) is 12.1 Å². The van der Waals surface area contributed by atoms with Gasteiger partial charge >= 0.3 is 0 Å². The van der Waals surface area contributed by atoms with E-state index in [2.05, 4.69) is 10.2 Å². The predicted molar refractivity (Wildman–Crippen MR) is 103 cm³/mol. The fraction of sp³-hybridized carbons (Fsp3) is 0.524. The number of rotatable bonds is 4. The van der Waals surface area contributed by atoms with Crippen LogP contribution < -0.4 is 11.1 Å². The number of fused-ring (bicyclic) bond motifs is 1. The lowest BCUT2D eigenvalue weighted by molar-refractivity contribution is -0.136. The van der Waals surface area contributed by atoms with Gasteiger partial charge in [-0.2, -0.15) is 0 Å². The zero-order valence-corrected chi connectivity index (χ0v) is 16.1. The highest BCUT2D eigenvalue weighted by atomic mass is 16.2. The number of amides is 4. The van der Waals surface area contributed by atoms with Crippen LogP contribution in [0.1, 0.15) is 52.0 Å². The van der Waals surface area contributed by atoms with Gasteiger partial charge in [0.1, 0.15) is 6.04 Å². The van der Waals surface area contributed by atoms with Crippen LogP contribution in [0.4, 0.5) is 0 Å². The maximum absolute atomic E-state index is 12.9. The second kappa shape index (κ2) is 6.74. The molecule has 1 aliphatic carbocycles. The Hall–Kier alpha value is -2.58. The Bertz CT molecular complexity index is 925. The van der Waals surface area contributed by atoms with Crippen molar-refractivity contribution in [3.63, 3.8) is 0 Å². The Morgan fingerprint density at radius 1 is 1.00 bits per heavy atom. The molecule has 3 fully saturated rings. The number of nitrogens with zero attached hydrogens (tertiary/aromatic N) is 2. The van der Waals surface area contributed by atoms with E-state index in [0.717, 1.165) is 29.5 Å². The van der Waals surface area contributed by atoms with Crippen molar-refractivity contribution < 1.29 is 19.2 Å². The van der Waals surface area contributed by atoms with Crippen LogP contribution >= 0.6 is 0 Å². The Balaban J connectivity index is 1.33. The zero-order valence-electron chi connectivity index (χ0n) is 16.1. The molecule has 3 heterocycles. The van der Waals surface area contributed by atoms with Crippen LogP contribution in [-0.4, -0.2) is 58.6 Å². The minimum Gasteiger partial charge on any atom is -0.326 e. The standard InChI is InChI=1S/C21H24N4O4/c22-16-10-24(9-15(16)12-2-3-12)8-11-1-4-13-14(7-11)21(29)25(20(13)28)17-5-6-18(26)23-19(17)27/h1,4,7,12,15-17H,2-3,5-6,8-10,22H2,(H,23,26,27)/t15-,16+,17?/m0/s1. The van der Waals surface area contributed by atoms with E-state index in [4.69, 9.17) is 5.73 Å². The summed E-state index contributed by atoms with van der Waals surface area (Å²) >= 11 is 0. The molecule has 1 aromatic carbocycles. The van der Waals surface area contributed by atoms with E-state index >= 15 is 0 Å². The van der Waals surface area contributed by atoms with Gasteiger partial charge in [0, 0.05) is 32.1 Å². The first-order chi connectivity index (χ1) is 13.9. The molecule has 1 unspecified atom stereocenters. The molecule has 3 aliphatic heterocycles. The maximum atomic E-state index is 12.9. The van der Waals surface area contributed by atoms with Gasteiger partial charge in [-0.15, -0.1) is 0 Å². The maximum Gasteiger partial charge on any atom is 0.262 e. The summed E-state index contributed by atoms with van der Waals surface area (Å²) in [6.45, 7) is 2.50. The molecule has 0 spiro atoms. The molecule has 3 atom stereocenters. The highest BCUT2D eigenvalue weighted by Crippen LogP contribution is 2.41. The number of imide groups is 2. The van der Waals surface area contributed by atoms with Gasteiger partial charge in [-0.05, 0) is 48.8 Å². The fourth-order valence-electron chi connectivity index (χ4n) is 4.97. The molecule has 8 nitrogen and oxygen atoms in total. The van der Waals surface area contributed by atoms with Crippen LogP contribution in [0.2, 0.25) is 0 Å². The third kappa shape index (κ3) is 3.16. The molecule has 0 radical (unpaired) electrons. The van der Waals surface area contributed by atoms with E-state index in [9.17, 15) is 19.2 Å². The summed E-state index contributed by atoms with van der Waals surface area (Å²) in [4.78, 5) is 52.6. The van der Waals surface area contributed by atoms with Gasteiger partial charge in [0.25, 0.3) is 11.8 Å². The zero-order chi connectivity index (χ0) is 20.3. The Kier molecular flexibility index (Phi) is 4.29. The molecule has 5 rings (SSSR count). The Morgan fingerprint density at radius 3 is 2.48 bits per heavy atom. The number of nitrogens with one attached hydrogen (secondary N) is 1. The highest BCUT2D eigenvalue weighted by Gasteiger charge is 2.45. The summed E-state index contributed by atoms with van der Waals surface area (Å²) in [6.07, 6.45) is 2.83. The Morgan fingerprint density at radius 2 is 1.76 bits per heavy atom. The SMILES string of the molecule is N[C@@H]1CN(Cc2ccc3c(c2)C(=O)N(C2CCC(=O)NC2=O)C3=O)C[C@H]1C1CC1. The minimum absolute atomic E-state index is 0.117. The molecule has 1 saturated carbocycles. The monoisotopic (exact) mass is 396 g/mol. The van der Waals surface area contributed by atoms with Crippen molar-refractivity contribution in [3.05, 3.63) is 34.9 Å². The average Bonchev–Trinajstić information content (AvgIpc) is 3.41. The minimum atomic E-state index is -0.931. The number of carbonyl (C=O) groups excluding carboxylic acids is 4. The van der Waals surface area contributed by atoms with Gasteiger partial charge < -0.3 is 5.73 Å². The van der Waals surface area contributed by atoms with Crippen molar-refractivity contribution in [1.82, 2.24) is 15.1 Å². The summed E-state index contributed by atoms with van der Waals surface area (Å²) in [5, 5.41) is 2.21. The van der Waals surface area contributed by atoms with Crippen LogP contribution in [0.15, 0.2) is 18.2 Å². The molecular weight excluding hydrogens is 372 g/mol. The average molecular weight is 396 g/mol. The number of nitrogens with two attached hydrogens (primary N) is 1. The molecule has 29 heavy (non-hydrogen) atoms. The molecule has 1 aromatic rings. The first-order valence-corrected chi connectivity index (χ1v) is 10.2. The number of carbonyl (C=O) groups is 4. The first kappa shape index (κ1) is 18.4. The first-order valence-electron chi connectivity index (χ1n) is 10.2. The smallest absolute Gasteiger partial charge is 0.262 e. The molecular formula is C21H24N4O4. The van der Waals surface area contributed by atoms with E-state index in [1.165, 1.54) is 12.8 Å². The molecule has 0 bridgehead atoms. The second-order valence-electron chi connectivity index (χ2n) is 8.69. The highest BCUT2D eigenvalue weighted by molar-refractivity contribution is 6.23. The molecule has 152 valence electrons. The molecule has 8 heteroatoms. The van der Waals surface area contributed by atoms with E-state index in [0.29, 0.717) is 23.6 Å². The topological polar surface area (TPSA) is 113 Å². The lowest BCUT2D eigenvalue weighted by Crippen LogP contribution is -2.54. The molecule has 4 aliphatic rings. The number of hydrogen-bond donors (Lipinski definition) is 2. The van der Waals surface area contributed by atoms with Gasteiger partial charge in [0.05, 0.1) is 11.1 Å². The molecule has 2 saturated heterocycles. The van der Waals surface area contributed by atoms with Crippen molar-refractivity contribution in [1.29, 1.82) is 0 Å². The second-order valence-corrected chi connectivity index (χ2v) is 8.69. The van der Waals surface area contributed by atoms with E-state index in [-0.39, 0.29) is 24.8 Å². The van der Waals surface area contributed by atoms with Crippen LogP contribution in [0.25, 0.3) is 0 Å². The lowest BCUT2D eigenvalue weighted by atomic mass is 9.99. The normalized spacial score (nSPS) is 30.1. The summed E-state index contributed by atoms with van der Waals surface area (Å²) < 4.78 is 0. The van der Waals surface area contributed by atoms with Gasteiger partial charge in [-0.3, -0.25) is 34.3 Å². The third-order valence-corrected chi connectivity index (χ3v) is 6.63. The molecule has 3 N–H and O–H groups in total. The largest absolute Gasteiger partial charge is 0.326 e. The van der Waals surface area contributed by atoms with Crippen LogP contribution in [0.5, 0.6) is 0 Å². The van der Waals surface area contributed by atoms with Crippen molar-refractivity contribution in [2.45, 2.75) is 44.3 Å². The van der Waals surface area contributed by atoms with Gasteiger partial charge in [0.2, 0.25) is 11.8 Å². The number of hydrogen-bond acceptors (Lipinski definition) is 6. The number of piperidine rings is 1. The van der Waals surface area contributed by atoms with Crippen molar-refractivity contribution >= 4 is 23.6 Å². The predicted octanol–water partition coefficient (Wildman–Crippen LogP) is 0.257.